The summed E-state index contributed by atoms with van der Waals surface area (Å²) in [5, 5.41) is 14.2. The van der Waals surface area contributed by atoms with Gasteiger partial charge in [0, 0.05) is 24.2 Å². The maximum absolute atomic E-state index is 13.7. The van der Waals surface area contributed by atoms with Gasteiger partial charge in [0.05, 0.1) is 25.4 Å². The SMILES string of the molecule is COc1ccc(CN(C(=O)CN(c2cc([N+](=O)[O-])ccc2OC)S(C)(=O)=O)[C@H](C)C(=O)NC(C)(C)C)cc1. The fourth-order valence-electron chi connectivity index (χ4n) is 3.57. The zero-order valence-corrected chi connectivity index (χ0v) is 23.4. The summed E-state index contributed by atoms with van der Waals surface area (Å²) >= 11 is 0. The molecule has 0 heterocycles. The third-order valence-corrected chi connectivity index (χ3v) is 6.63. The van der Waals surface area contributed by atoms with E-state index in [0.717, 1.165) is 16.6 Å². The number of methoxy groups -OCH3 is 2. The molecule has 2 aromatic rings. The smallest absolute Gasteiger partial charge is 0.271 e. The molecule has 0 fully saturated rings. The molecule has 2 amide bonds. The predicted octanol–water partition coefficient (Wildman–Crippen LogP) is 2.71. The molecule has 1 atom stereocenters. The number of carbonyl (C=O) groups excluding carboxylic acids is 2. The minimum Gasteiger partial charge on any atom is -0.497 e. The first-order chi connectivity index (χ1) is 17.6. The van der Waals surface area contributed by atoms with E-state index in [2.05, 4.69) is 5.32 Å². The van der Waals surface area contributed by atoms with Crippen molar-refractivity contribution >= 4 is 33.2 Å². The Morgan fingerprint density at radius 3 is 2.16 bits per heavy atom. The summed E-state index contributed by atoms with van der Waals surface area (Å²) in [6.07, 6.45) is 0.877. The van der Waals surface area contributed by atoms with Crippen LogP contribution in [0.2, 0.25) is 0 Å². The van der Waals surface area contributed by atoms with Gasteiger partial charge in [-0.15, -0.1) is 0 Å². The van der Waals surface area contributed by atoms with E-state index >= 15 is 0 Å². The molecule has 0 radical (unpaired) electrons. The van der Waals surface area contributed by atoms with Crippen LogP contribution in [0.15, 0.2) is 42.5 Å². The Bertz CT molecular complexity index is 1270. The normalized spacial score (nSPS) is 12.3. The Kier molecular flexibility index (Phi) is 9.68. The standard InChI is InChI=1S/C25H34N4O8S/c1-17(24(31)26-25(2,3)4)27(15-18-8-11-20(36-5)12-9-18)23(30)16-28(38(7,34)35)21-14-19(29(32)33)10-13-22(21)37-6/h8-14,17H,15-16H2,1-7H3,(H,26,31)/t17-/m1/s1. The molecule has 1 N–H and O–H groups in total. The van der Waals surface area contributed by atoms with Crippen LogP contribution < -0.4 is 19.1 Å². The lowest BCUT2D eigenvalue weighted by molar-refractivity contribution is -0.384. The van der Waals surface area contributed by atoms with Crippen molar-refractivity contribution in [2.45, 2.75) is 45.8 Å². The van der Waals surface area contributed by atoms with Gasteiger partial charge in [-0.1, -0.05) is 12.1 Å². The molecule has 0 aliphatic heterocycles. The third kappa shape index (κ3) is 8.07. The van der Waals surface area contributed by atoms with Crippen LogP contribution in [-0.4, -0.2) is 68.7 Å². The Hall–Kier alpha value is -3.87. The number of non-ortho nitro benzene ring substituents is 1. The number of carbonyl (C=O) groups is 2. The number of nitro benzene ring substituents is 1. The quantitative estimate of drug-likeness (QED) is 0.332. The van der Waals surface area contributed by atoms with Crippen molar-refractivity contribution in [1.82, 2.24) is 10.2 Å². The molecule has 38 heavy (non-hydrogen) atoms. The highest BCUT2D eigenvalue weighted by Crippen LogP contribution is 2.34. The second-order valence-electron chi connectivity index (χ2n) is 9.67. The first kappa shape index (κ1) is 30.4. The first-order valence-electron chi connectivity index (χ1n) is 11.6. The summed E-state index contributed by atoms with van der Waals surface area (Å²) < 4.78 is 36.7. The van der Waals surface area contributed by atoms with Crippen LogP contribution in [0.1, 0.15) is 33.3 Å². The van der Waals surface area contributed by atoms with Crippen molar-refractivity contribution in [3.8, 4) is 11.5 Å². The minimum absolute atomic E-state index is 0.00870. The fraction of sp³-hybridized carbons (Fsp3) is 0.440. The van der Waals surface area contributed by atoms with Gasteiger partial charge < -0.3 is 19.7 Å². The van der Waals surface area contributed by atoms with Crippen molar-refractivity contribution in [3.63, 3.8) is 0 Å². The molecule has 0 spiro atoms. The topological polar surface area (TPSA) is 148 Å². The molecule has 0 aliphatic rings. The number of amides is 2. The maximum atomic E-state index is 13.7. The van der Waals surface area contributed by atoms with Crippen LogP contribution in [0.25, 0.3) is 0 Å². The van der Waals surface area contributed by atoms with Crippen molar-refractivity contribution in [1.29, 1.82) is 0 Å². The van der Waals surface area contributed by atoms with E-state index in [1.807, 2.05) is 0 Å². The predicted molar refractivity (Wildman–Crippen MR) is 143 cm³/mol. The van der Waals surface area contributed by atoms with Crippen LogP contribution in [0.3, 0.4) is 0 Å². The molecule has 0 aliphatic carbocycles. The number of ether oxygens (including phenoxy) is 2. The van der Waals surface area contributed by atoms with Crippen molar-refractivity contribution in [2.24, 2.45) is 0 Å². The number of hydrogen-bond acceptors (Lipinski definition) is 8. The maximum Gasteiger partial charge on any atom is 0.271 e. The highest BCUT2D eigenvalue weighted by molar-refractivity contribution is 7.92. The highest BCUT2D eigenvalue weighted by Gasteiger charge is 2.33. The second kappa shape index (κ2) is 12.1. The van der Waals surface area contributed by atoms with Gasteiger partial charge in [0.25, 0.3) is 5.69 Å². The van der Waals surface area contributed by atoms with E-state index in [1.165, 1.54) is 31.3 Å². The lowest BCUT2D eigenvalue weighted by atomic mass is 10.1. The molecule has 13 heteroatoms. The van der Waals surface area contributed by atoms with E-state index in [-0.39, 0.29) is 23.7 Å². The van der Waals surface area contributed by atoms with Crippen LogP contribution in [-0.2, 0) is 26.2 Å². The third-order valence-electron chi connectivity index (χ3n) is 5.50. The Labute approximate surface area is 222 Å². The first-order valence-corrected chi connectivity index (χ1v) is 13.5. The van der Waals surface area contributed by atoms with Gasteiger partial charge in [0.2, 0.25) is 21.8 Å². The summed E-state index contributed by atoms with van der Waals surface area (Å²) in [6, 6.07) is 9.33. The Morgan fingerprint density at radius 2 is 1.68 bits per heavy atom. The molecule has 208 valence electrons. The van der Waals surface area contributed by atoms with E-state index in [1.54, 1.807) is 52.0 Å². The van der Waals surface area contributed by atoms with Crippen LogP contribution in [0.4, 0.5) is 11.4 Å². The van der Waals surface area contributed by atoms with Gasteiger partial charge in [0.1, 0.15) is 29.8 Å². The van der Waals surface area contributed by atoms with Crippen LogP contribution in [0, 0.1) is 10.1 Å². The second-order valence-corrected chi connectivity index (χ2v) is 11.6. The van der Waals surface area contributed by atoms with Crippen molar-refractivity contribution in [3.05, 3.63) is 58.1 Å². The van der Waals surface area contributed by atoms with Crippen molar-refractivity contribution < 1.29 is 32.4 Å². The highest BCUT2D eigenvalue weighted by atomic mass is 32.2. The molecule has 2 rings (SSSR count). The van der Waals surface area contributed by atoms with E-state index in [9.17, 15) is 28.1 Å². The van der Waals surface area contributed by atoms with Gasteiger partial charge in [0.15, 0.2) is 0 Å². The monoisotopic (exact) mass is 550 g/mol. The average Bonchev–Trinajstić information content (AvgIpc) is 2.83. The van der Waals surface area contributed by atoms with E-state index in [0.29, 0.717) is 11.3 Å². The van der Waals surface area contributed by atoms with Gasteiger partial charge in [-0.3, -0.25) is 24.0 Å². The Balaban J connectivity index is 2.52. The number of anilines is 1. The minimum atomic E-state index is -4.11. The molecule has 0 bridgehead atoms. The van der Waals surface area contributed by atoms with Gasteiger partial charge in [-0.05, 0) is 51.5 Å². The summed E-state index contributed by atoms with van der Waals surface area (Å²) in [6.45, 7) is 6.21. The van der Waals surface area contributed by atoms with Crippen molar-refractivity contribution in [2.75, 3.05) is 31.3 Å². The number of sulfonamides is 1. The van der Waals surface area contributed by atoms with Gasteiger partial charge >= 0.3 is 0 Å². The average molecular weight is 551 g/mol. The molecule has 0 aromatic heterocycles. The van der Waals surface area contributed by atoms with Crippen LogP contribution >= 0.6 is 0 Å². The van der Waals surface area contributed by atoms with E-state index in [4.69, 9.17) is 9.47 Å². The lowest BCUT2D eigenvalue weighted by Crippen LogP contribution is -2.54. The molecular formula is C25H34N4O8S. The summed E-state index contributed by atoms with van der Waals surface area (Å²) in [7, 11) is -1.31. The number of rotatable bonds is 11. The fourth-order valence-corrected chi connectivity index (χ4v) is 4.41. The zero-order chi connectivity index (χ0) is 28.8. The molecule has 0 saturated heterocycles. The number of benzene rings is 2. The largest absolute Gasteiger partial charge is 0.497 e. The number of nitrogens with zero attached hydrogens (tertiary/aromatic N) is 3. The summed E-state index contributed by atoms with van der Waals surface area (Å²) in [5.41, 5.74) is -0.452. The Morgan fingerprint density at radius 1 is 1.08 bits per heavy atom. The molecule has 2 aromatic carbocycles. The number of nitrogens with one attached hydrogen (secondary N) is 1. The molecule has 0 unspecified atom stereocenters. The number of nitro groups is 1. The van der Waals surface area contributed by atoms with E-state index < -0.39 is 44.9 Å². The van der Waals surface area contributed by atoms with Gasteiger partial charge in [-0.25, -0.2) is 8.42 Å². The lowest BCUT2D eigenvalue weighted by Gasteiger charge is -2.33. The zero-order valence-electron chi connectivity index (χ0n) is 22.5. The summed E-state index contributed by atoms with van der Waals surface area (Å²) in [5.74, 6) is -0.505. The van der Waals surface area contributed by atoms with Gasteiger partial charge in [-0.2, -0.15) is 0 Å². The summed E-state index contributed by atoms with van der Waals surface area (Å²) in [4.78, 5) is 38.6. The molecule has 0 saturated carbocycles. The number of hydrogen-bond donors (Lipinski definition) is 1. The molecule has 12 nitrogen and oxygen atoms in total. The molecular weight excluding hydrogens is 516 g/mol. The van der Waals surface area contributed by atoms with Crippen LogP contribution in [0.5, 0.6) is 11.5 Å².